The molecule has 0 unspecified atom stereocenters. The molecular weight excluding hydrogens is 356 g/mol. The van der Waals surface area contributed by atoms with Crippen molar-refractivity contribution in [3.8, 4) is 11.5 Å². The van der Waals surface area contributed by atoms with Crippen molar-refractivity contribution in [2.24, 2.45) is 4.99 Å². The maximum Gasteiger partial charge on any atom is 0.243 e. The minimum Gasteiger partial charge on any atom is -0.497 e. The van der Waals surface area contributed by atoms with Crippen molar-refractivity contribution in [2.75, 3.05) is 39.2 Å². The fraction of sp³-hybridized carbons (Fsp3) is 0.333. The number of carbonyl (C=O) groups excluding carboxylic acids is 1. The van der Waals surface area contributed by atoms with Crippen LogP contribution in [0.3, 0.4) is 0 Å². The SMILES string of the molecule is CCc1cccc(NC(=O)CNC(=NC)NCCOc2ccc(OC)cc2)c1. The zero-order valence-electron chi connectivity index (χ0n) is 16.6. The van der Waals surface area contributed by atoms with Crippen LogP contribution in [-0.4, -0.2) is 45.7 Å². The predicted octanol–water partition coefficient (Wildman–Crippen LogP) is 2.44. The van der Waals surface area contributed by atoms with Crippen LogP contribution in [0.15, 0.2) is 53.5 Å². The molecule has 2 aromatic rings. The Morgan fingerprint density at radius 3 is 2.50 bits per heavy atom. The fourth-order valence-corrected chi connectivity index (χ4v) is 2.47. The van der Waals surface area contributed by atoms with Crippen molar-refractivity contribution in [1.29, 1.82) is 0 Å². The normalized spacial score (nSPS) is 10.9. The van der Waals surface area contributed by atoms with E-state index < -0.39 is 0 Å². The second-order valence-corrected chi connectivity index (χ2v) is 5.98. The number of amides is 1. The third-order valence-corrected chi connectivity index (χ3v) is 3.98. The Morgan fingerprint density at radius 1 is 1.07 bits per heavy atom. The number of benzene rings is 2. The number of hydrogen-bond donors (Lipinski definition) is 3. The number of methoxy groups -OCH3 is 1. The summed E-state index contributed by atoms with van der Waals surface area (Å²) in [5.41, 5.74) is 1.97. The maximum absolute atomic E-state index is 12.1. The molecular formula is C21H28N4O3. The van der Waals surface area contributed by atoms with Gasteiger partial charge in [-0.05, 0) is 48.4 Å². The van der Waals surface area contributed by atoms with Crippen LogP contribution >= 0.6 is 0 Å². The lowest BCUT2D eigenvalue weighted by Gasteiger charge is -2.13. The van der Waals surface area contributed by atoms with Crippen LogP contribution in [-0.2, 0) is 11.2 Å². The van der Waals surface area contributed by atoms with Gasteiger partial charge in [-0.1, -0.05) is 19.1 Å². The molecule has 0 radical (unpaired) electrons. The number of guanidine groups is 1. The number of carbonyl (C=O) groups is 1. The van der Waals surface area contributed by atoms with E-state index in [-0.39, 0.29) is 12.5 Å². The molecule has 0 bridgehead atoms. The van der Waals surface area contributed by atoms with Crippen LogP contribution in [0.2, 0.25) is 0 Å². The number of nitrogens with one attached hydrogen (secondary N) is 3. The molecule has 3 N–H and O–H groups in total. The van der Waals surface area contributed by atoms with Crippen molar-refractivity contribution < 1.29 is 14.3 Å². The van der Waals surface area contributed by atoms with E-state index in [1.54, 1.807) is 14.2 Å². The Balaban J connectivity index is 1.68. The van der Waals surface area contributed by atoms with Gasteiger partial charge in [0, 0.05) is 12.7 Å². The zero-order valence-corrected chi connectivity index (χ0v) is 16.6. The van der Waals surface area contributed by atoms with Gasteiger partial charge in [0.05, 0.1) is 20.2 Å². The first-order valence-electron chi connectivity index (χ1n) is 9.24. The van der Waals surface area contributed by atoms with Crippen molar-refractivity contribution in [3.63, 3.8) is 0 Å². The van der Waals surface area contributed by atoms with Crippen LogP contribution in [0.4, 0.5) is 5.69 Å². The lowest BCUT2D eigenvalue weighted by atomic mass is 10.1. The van der Waals surface area contributed by atoms with Gasteiger partial charge in [-0.15, -0.1) is 0 Å². The standard InChI is InChI=1S/C21H28N4O3/c1-4-16-6-5-7-17(14-16)25-20(26)15-24-21(22-2)23-12-13-28-19-10-8-18(27-3)9-11-19/h5-11,14H,4,12-13,15H2,1-3H3,(H,25,26)(H2,22,23,24). The average molecular weight is 384 g/mol. The minimum absolute atomic E-state index is 0.120. The Morgan fingerprint density at radius 2 is 1.82 bits per heavy atom. The molecule has 0 spiro atoms. The van der Waals surface area contributed by atoms with E-state index >= 15 is 0 Å². The number of anilines is 1. The van der Waals surface area contributed by atoms with Gasteiger partial charge in [-0.3, -0.25) is 9.79 Å². The average Bonchev–Trinajstić information content (AvgIpc) is 2.73. The summed E-state index contributed by atoms with van der Waals surface area (Å²) in [6.07, 6.45) is 0.928. The molecule has 0 atom stereocenters. The third kappa shape index (κ3) is 7.19. The number of nitrogens with zero attached hydrogens (tertiary/aromatic N) is 1. The van der Waals surface area contributed by atoms with Crippen LogP contribution < -0.4 is 25.4 Å². The fourth-order valence-electron chi connectivity index (χ4n) is 2.47. The van der Waals surface area contributed by atoms with Crippen molar-refractivity contribution in [2.45, 2.75) is 13.3 Å². The van der Waals surface area contributed by atoms with Gasteiger partial charge in [0.15, 0.2) is 5.96 Å². The molecule has 150 valence electrons. The highest BCUT2D eigenvalue weighted by Crippen LogP contribution is 2.16. The molecule has 2 rings (SSSR count). The molecule has 0 saturated carbocycles. The summed E-state index contributed by atoms with van der Waals surface area (Å²) in [5.74, 6) is 1.95. The van der Waals surface area contributed by atoms with Gasteiger partial charge in [0.1, 0.15) is 18.1 Å². The summed E-state index contributed by atoms with van der Waals surface area (Å²) in [4.78, 5) is 16.2. The largest absolute Gasteiger partial charge is 0.497 e. The molecule has 0 aromatic heterocycles. The number of ether oxygens (including phenoxy) is 2. The van der Waals surface area contributed by atoms with Crippen molar-refractivity contribution in [3.05, 3.63) is 54.1 Å². The van der Waals surface area contributed by atoms with Gasteiger partial charge in [-0.2, -0.15) is 0 Å². The molecule has 0 aliphatic carbocycles. The number of rotatable bonds is 9. The second-order valence-electron chi connectivity index (χ2n) is 5.98. The Kier molecular flexibility index (Phi) is 8.65. The smallest absolute Gasteiger partial charge is 0.243 e. The molecule has 0 aliphatic rings. The van der Waals surface area contributed by atoms with Crippen LogP contribution in [0, 0.1) is 0 Å². The van der Waals surface area contributed by atoms with E-state index in [2.05, 4.69) is 27.9 Å². The molecule has 28 heavy (non-hydrogen) atoms. The lowest BCUT2D eigenvalue weighted by Crippen LogP contribution is -2.42. The molecule has 7 heteroatoms. The highest BCUT2D eigenvalue weighted by atomic mass is 16.5. The minimum atomic E-state index is -0.134. The molecule has 0 aliphatic heterocycles. The second kappa shape index (κ2) is 11.5. The van der Waals surface area contributed by atoms with E-state index in [4.69, 9.17) is 9.47 Å². The predicted molar refractivity (Wildman–Crippen MR) is 112 cm³/mol. The summed E-state index contributed by atoms with van der Waals surface area (Å²) in [7, 11) is 3.28. The molecule has 0 saturated heterocycles. The maximum atomic E-state index is 12.1. The molecule has 1 amide bonds. The number of hydrogen-bond acceptors (Lipinski definition) is 4. The highest BCUT2D eigenvalue weighted by Gasteiger charge is 2.05. The van der Waals surface area contributed by atoms with E-state index in [1.807, 2.05) is 48.5 Å². The van der Waals surface area contributed by atoms with Crippen molar-refractivity contribution >= 4 is 17.6 Å². The van der Waals surface area contributed by atoms with Gasteiger partial charge in [0.25, 0.3) is 0 Å². The summed E-state index contributed by atoms with van der Waals surface area (Å²) in [6, 6.07) is 15.2. The summed E-state index contributed by atoms with van der Waals surface area (Å²) >= 11 is 0. The van der Waals surface area contributed by atoms with Gasteiger partial charge in [-0.25, -0.2) is 0 Å². The lowest BCUT2D eigenvalue weighted by molar-refractivity contribution is -0.115. The van der Waals surface area contributed by atoms with E-state index in [1.165, 1.54) is 5.56 Å². The quantitative estimate of drug-likeness (QED) is 0.351. The van der Waals surface area contributed by atoms with E-state index in [0.29, 0.717) is 19.1 Å². The topological polar surface area (TPSA) is 84.0 Å². The summed E-state index contributed by atoms with van der Waals surface area (Å²) in [6.45, 7) is 3.21. The number of aliphatic imine (C=N–C) groups is 1. The van der Waals surface area contributed by atoms with Gasteiger partial charge < -0.3 is 25.4 Å². The van der Waals surface area contributed by atoms with E-state index in [9.17, 15) is 4.79 Å². The first-order chi connectivity index (χ1) is 13.6. The molecule has 2 aromatic carbocycles. The van der Waals surface area contributed by atoms with Crippen LogP contribution in [0.5, 0.6) is 11.5 Å². The first kappa shape index (κ1) is 21.1. The summed E-state index contributed by atoms with van der Waals surface area (Å²) in [5, 5.41) is 8.97. The molecule has 0 fully saturated rings. The Labute approximate surface area is 166 Å². The Bertz CT molecular complexity index is 775. The third-order valence-electron chi connectivity index (χ3n) is 3.98. The van der Waals surface area contributed by atoms with Gasteiger partial charge in [0.2, 0.25) is 5.91 Å². The zero-order chi connectivity index (χ0) is 20.2. The number of aryl methyl sites for hydroxylation is 1. The molecule has 7 nitrogen and oxygen atoms in total. The summed E-state index contributed by atoms with van der Waals surface area (Å²) < 4.78 is 10.8. The van der Waals surface area contributed by atoms with E-state index in [0.717, 1.165) is 23.6 Å². The molecule has 0 heterocycles. The van der Waals surface area contributed by atoms with Crippen LogP contribution in [0.25, 0.3) is 0 Å². The van der Waals surface area contributed by atoms with Crippen LogP contribution in [0.1, 0.15) is 12.5 Å². The van der Waals surface area contributed by atoms with Gasteiger partial charge >= 0.3 is 0 Å². The first-order valence-corrected chi connectivity index (χ1v) is 9.24. The Hall–Kier alpha value is -3.22. The highest BCUT2D eigenvalue weighted by molar-refractivity contribution is 5.95. The van der Waals surface area contributed by atoms with Crippen molar-refractivity contribution in [1.82, 2.24) is 10.6 Å². The monoisotopic (exact) mass is 384 g/mol.